The molecule has 20 heavy (non-hydrogen) atoms. The number of thiazole rings is 1. The average Bonchev–Trinajstić information content (AvgIpc) is 2.85. The van der Waals surface area contributed by atoms with Crippen LogP contribution in [0.2, 0.25) is 0 Å². The Kier molecular flexibility index (Phi) is 3.32. The molecule has 100 valence electrons. The van der Waals surface area contributed by atoms with Crippen LogP contribution in [0.25, 0.3) is 21.8 Å². The Hall–Kier alpha value is -2.07. The summed E-state index contributed by atoms with van der Waals surface area (Å²) in [4.78, 5) is 5.53. The van der Waals surface area contributed by atoms with Crippen LogP contribution in [-0.4, -0.2) is 4.98 Å². The molecule has 0 amide bonds. The molecule has 0 unspecified atom stereocenters. The lowest BCUT2D eigenvalue weighted by Gasteiger charge is -1.99. The molecule has 0 aliphatic carbocycles. The molecule has 2 aromatic carbocycles. The normalized spacial score (nSPS) is 10.8. The summed E-state index contributed by atoms with van der Waals surface area (Å²) in [5, 5.41) is 0.878. The van der Waals surface area contributed by atoms with Gasteiger partial charge in [0.15, 0.2) is 11.6 Å². The van der Waals surface area contributed by atoms with Crippen molar-refractivity contribution in [2.24, 2.45) is 0 Å². The van der Waals surface area contributed by atoms with Gasteiger partial charge in [0.1, 0.15) is 5.01 Å². The molecule has 0 bridgehead atoms. The first-order chi connectivity index (χ1) is 9.65. The molecule has 1 nitrogen and oxygen atoms in total. The van der Waals surface area contributed by atoms with Crippen molar-refractivity contribution in [3.63, 3.8) is 0 Å². The van der Waals surface area contributed by atoms with Crippen LogP contribution in [0.1, 0.15) is 4.88 Å². The number of aromatic nitrogens is 1. The fourth-order valence-electron chi connectivity index (χ4n) is 2.01. The minimum atomic E-state index is -0.851. The first-order valence-electron chi connectivity index (χ1n) is 6.13. The fraction of sp³-hybridized carbons (Fsp3) is 0.0625. The number of benzene rings is 2. The van der Waals surface area contributed by atoms with Crippen molar-refractivity contribution in [3.8, 4) is 21.8 Å². The van der Waals surface area contributed by atoms with Gasteiger partial charge in [0.05, 0.1) is 5.69 Å². The van der Waals surface area contributed by atoms with E-state index in [1.807, 2.05) is 37.3 Å². The first kappa shape index (κ1) is 12.9. The van der Waals surface area contributed by atoms with Crippen molar-refractivity contribution in [1.29, 1.82) is 0 Å². The number of aryl methyl sites for hydroxylation is 1. The highest BCUT2D eigenvalue weighted by molar-refractivity contribution is 7.15. The Morgan fingerprint density at radius 3 is 2.35 bits per heavy atom. The molecule has 0 saturated heterocycles. The van der Waals surface area contributed by atoms with Crippen LogP contribution in [0.3, 0.4) is 0 Å². The van der Waals surface area contributed by atoms with Crippen LogP contribution in [0.5, 0.6) is 0 Å². The molecule has 0 aliphatic rings. The van der Waals surface area contributed by atoms with E-state index in [0.29, 0.717) is 11.3 Å². The van der Waals surface area contributed by atoms with Gasteiger partial charge in [0, 0.05) is 16.0 Å². The first-order valence-corrected chi connectivity index (χ1v) is 6.95. The summed E-state index contributed by atoms with van der Waals surface area (Å²) in [6.07, 6.45) is 0. The summed E-state index contributed by atoms with van der Waals surface area (Å²) in [7, 11) is 0. The van der Waals surface area contributed by atoms with E-state index in [1.165, 1.54) is 6.07 Å². The van der Waals surface area contributed by atoms with E-state index in [0.717, 1.165) is 21.5 Å². The van der Waals surface area contributed by atoms with Gasteiger partial charge in [-0.3, -0.25) is 0 Å². The van der Waals surface area contributed by atoms with Gasteiger partial charge in [0.2, 0.25) is 0 Å². The van der Waals surface area contributed by atoms with Crippen LogP contribution >= 0.6 is 11.3 Å². The lowest BCUT2D eigenvalue weighted by Crippen LogP contribution is -1.87. The Bertz CT molecular complexity index is 750. The lowest BCUT2D eigenvalue weighted by atomic mass is 10.1. The van der Waals surface area contributed by atoms with Gasteiger partial charge in [-0.2, -0.15) is 0 Å². The number of hydrogen-bond donors (Lipinski definition) is 0. The van der Waals surface area contributed by atoms with Gasteiger partial charge in [-0.05, 0) is 25.1 Å². The third-order valence-electron chi connectivity index (χ3n) is 3.01. The van der Waals surface area contributed by atoms with Crippen molar-refractivity contribution in [3.05, 3.63) is 65.0 Å². The highest BCUT2D eigenvalue weighted by atomic mass is 32.1. The van der Waals surface area contributed by atoms with Gasteiger partial charge in [-0.25, -0.2) is 13.8 Å². The van der Waals surface area contributed by atoms with E-state index in [1.54, 1.807) is 17.4 Å². The maximum Gasteiger partial charge on any atom is 0.159 e. The lowest BCUT2D eigenvalue weighted by molar-refractivity contribution is 0.509. The SMILES string of the molecule is Cc1sc(-c2ccccc2)nc1-c1ccc(F)c(F)c1. The van der Waals surface area contributed by atoms with E-state index >= 15 is 0 Å². The number of rotatable bonds is 2. The molecule has 3 rings (SSSR count). The standard InChI is InChI=1S/C16H11F2NS/c1-10-15(12-7-8-13(17)14(18)9-12)19-16(20-10)11-5-3-2-4-6-11/h2-9H,1H3. The molecule has 0 spiro atoms. The van der Waals surface area contributed by atoms with Gasteiger partial charge >= 0.3 is 0 Å². The summed E-state index contributed by atoms with van der Waals surface area (Å²) in [5.41, 5.74) is 2.32. The van der Waals surface area contributed by atoms with Crippen molar-refractivity contribution >= 4 is 11.3 Å². The van der Waals surface area contributed by atoms with E-state index in [4.69, 9.17) is 0 Å². The van der Waals surface area contributed by atoms with Crippen molar-refractivity contribution < 1.29 is 8.78 Å². The minimum Gasteiger partial charge on any atom is -0.236 e. The predicted molar refractivity (Wildman–Crippen MR) is 77.6 cm³/mol. The topological polar surface area (TPSA) is 12.9 Å². The molecular formula is C16H11F2NS. The zero-order valence-corrected chi connectivity index (χ0v) is 11.5. The van der Waals surface area contributed by atoms with Gasteiger partial charge in [-0.1, -0.05) is 30.3 Å². The zero-order valence-electron chi connectivity index (χ0n) is 10.7. The Morgan fingerprint density at radius 2 is 1.65 bits per heavy atom. The Balaban J connectivity index is 2.07. The summed E-state index contributed by atoms with van der Waals surface area (Å²) < 4.78 is 26.3. The molecule has 4 heteroatoms. The van der Waals surface area contributed by atoms with Crippen LogP contribution < -0.4 is 0 Å². The summed E-state index contributed by atoms with van der Waals surface area (Å²) in [6.45, 7) is 1.93. The van der Waals surface area contributed by atoms with Crippen molar-refractivity contribution in [2.75, 3.05) is 0 Å². The smallest absolute Gasteiger partial charge is 0.159 e. The second-order valence-electron chi connectivity index (χ2n) is 4.42. The van der Waals surface area contributed by atoms with Gasteiger partial charge in [-0.15, -0.1) is 11.3 Å². The van der Waals surface area contributed by atoms with Crippen LogP contribution in [-0.2, 0) is 0 Å². The second kappa shape index (κ2) is 5.13. The van der Waals surface area contributed by atoms with Gasteiger partial charge < -0.3 is 0 Å². The van der Waals surface area contributed by atoms with Crippen LogP contribution in [0, 0.1) is 18.6 Å². The maximum absolute atomic E-state index is 13.3. The highest BCUT2D eigenvalue weighted by Crippen LogP contribution is 2.33. The molecule has 0 N–H and O–H groups in total. The molecule has 1 aromatic heterocycles. The molecule has 1 heterocycles. The maximum atomic E-state index is 13.3. The summed E-state index contributed by atoms with van der Waals surface area (Å²) >= 11 is 1.55. The fourth-order valence-corrected chi connectivity index (χ4v) is 2.95. The summed E-state index contributed by atoms with van der Waals surface area (Å²) in [6, 6.07) is 13.7. The zero-order chi connectivity index (χ0) is 14.1. The highest BCUT2D eigenvalue weighted by Gasteiger charge is 2.13. The summed E-state index contributed by atoms with van der Waals surface area (Å²) in [5.74, 6) is -1.69. The predicted octanol–water partition coefficient (Wildman–Crippen LogP) is 5.06. The Morgan fingerprint density at radius 1 is 0.900 bits per heavy atom. The van der Waals surface area contributed by atoms with E-state index in [-0.39, 0.29) is 0 Å². The monoisotopic (exact) mass is 287 g/mol. The molecule has 0 radical (unpaired) electrons. The van der Waals surface area contributed by atoms with Crippen molar-refractivity contribution in [2.45, 2.75) is 6.92 Å². The van der Waals surface area contributed by atoms with Gasteiger partial charge in [0.25, 0.3) is 0 Å². The molecule has 0 fully saturated rings. The van der Waals surface area contributed by atoms with E-state index < -0.39 is 11.6 Å². The molecule has 3 aromatic rings. The van der Waals surface area contributed by atoms with Crippen molar-refractivity contribution in [1.82, 2.24) is 4.98 Å². The number of halogens is 2. The number of hydrogen-bond acceptors (Lipinski definition) is 2. The molecule has 0 atom stereocenters. The van der Waals surface area contributed by atoms with E-state index in [9.17, 15) is 8.78 Å². The molecule has 0 aliphatic heterocycles. The third kappa shape index (κ3) is 2.34. The second-order valence-corrected chi connectivity index (χ2v) is 5.62. The number of nitrogens with zero attached hydrogens (tertiary/aromatic N) is 1. The minimum absolute atomic E-state index is 0.597. The average molecular weight is 287 g/mol. The van der Waals surface area contributed by atoms with Crippen LogP contribution in [0.15, 0.2) is 48.5 Å². The molecule has 0 saturated carbocycles. The van der Waals surface area contributed by atoms with Crippen LogP contribution in [0.4, 0.5) is 8.78 Å². The Labute approximate surface area is 119 Å². The van der Waals surface area contributed by atoms with E-state index in [2.05, 4.69) is 4.98 Å². The third-order valence-corrected chi connectivity index (χ3v) is 4.03. The quantitative estimate of drug-likeness (QED) is 0.641. The molecular weight excluding hydrogens is 276 g/mol. The largest absolute Gasteiger partial charge is 0.236 e.